The highest BCUT2D eigenvalue weighted by Gasteiger charge is 2.27. The number of fused-ring (bicyclic) bond motifs is 1. The molecule has 33 heavy (non-hydrogen) atoms. The van der Waals surface area contributed by atoms with E-state index >= 15 is 0 Å². The highest BCUT2D eigenvalue weighted by atomic mass is 79.9. The Morgan fingerprint density at radius 3 is 2.48 bits per heavy atom. The summed E-state index contributed by atoms with van der Waals surface area (Å²) in [7, 11) is 5.72. The van der Waals surface area contributed by atoms with Gasteiger partial charge in [0.15, 0.2) is 0 Å². The summed E-state index contributed by atoms with van der Waals surface area (Å²) in [4.78, 5) is 17.2. The van der Waals surface area contributed by atoms with Crippen LogP contribution >= 0.6 is 15.9 Å². The van der Waals surface area contributed by atoms with Crippen LogP contribution in [0, 0.1) is 0 Å². The summed E-state index contributed by atoms with van der Waals surface area (Å²) in [5.41, 5.74) is 5.82. The SMILES string of the molecule is COc1cc2c(cc1Br)CCN(C(=O)/C=C/c1ccc(N(C)C)cc1)CC2c1ccccc1. The largest absolute Gasteiger partial charge is 0.496 e. The van der Waals surface area contributed by atoms with Crippen molar-refractivity contribution in [3.05, 3.63) is 99.5 Å². The molecule has 1 aliphatic rings. The second-order valence-electron chi connectivity index (χ2n) is 8.50. The molecule has 1 heterocycles. The summed E-state index contributed by atoms with van der Waals surface area (Å²) in [5, 5.41) is 0. The molecular formula is C28H29BrN2O2. The van der Waals surface area contributed by atoms with E-state index in [1.165, 1.54) is 16.7 Å². The fraction of sp³-hybridized carbons (Fsp3) is 0.250. The van der Waals surface area contributed by atoms with Gasteiger partial charge in [-0.15, -0.1) is 0 Å². The zero-order valence-corrected chi connectivity index (χ0v) is 20.9. The number of amides is 1. The topological polar surface area (TPSA) is 32.8 Å². The van der Waals surface area contributed by atoms with Gasteiger partial charge < -0.3 is 14.5 Å². The smallest absolute Gasteiger partial charge is 0.246 e. The Balaban J connectivity index is 1.61. The van der Waals surface area contributed by atoms with Crippen molar-refractivity contribution < 1.29 is 9.53 Å². The standard InChI is InChI=1S/C28H29BrN2O2/c1-30(2)23-12-9-20(10-13-23)11-14-28(32)31-16-15-22-17-26(29)27(33-3)18-24(22)25(19-31)21-7-5-4-6-8-21/h4-14,17-18,25H,15-16,19H2,1-3H3/b14-11+. The van der Waals surface area contributed by atoms with E-state index in [0.717, 1.165) is 27.9 Å². The molecule has 0 N–H and O–H groups in total. The van der Waals surface area contributed by atoms with Crippen molar-refractivity contribution in [2.45, 2.75) is 12.3 Å². The number of hydrogen-bond donors (Lipinski definition) is 0. The van der Waals surface area contributed by atoms with Gasteiger partial charge >= 0.3 is 0 Å². The molecule has 1 unspecified atom stereocenters. The van der Waals surface area contributed by atoms with Crippen LogP contribution in [0.5, 0.6) is 5.75 Å². The van der Waals surface area contributed by atoms with Crippen LogP contribution in [0.4, 0.5) is 5.69 Å². The number of hydrogen-bond acceptors (Lipinski definition) is 3. The molecule has 1 atom stereocenters. The maximum Gasteiger partial charge on any atom is 0.246 e. The minimum absolute atomic E-state index is 0.0338. The van der Waals surface area contributed by atoms with Crippen molar-refractivity contribution >= 4 is 33.6 Å². The van der Waals surface area contributed by atoms with Crippen molar-refractivity contribution in [2.24, 2.45) is 0 Å². The molecule has 0 bridgehead atoms. The zero-order valence-electron chi connectivity index (χ0n) is 19.3. The molecule has 170 valence electrons. The Kier molecular flexibility index (Phi) is 7.19. The molecule has 4 rings (SSSR count). The van der Waals surface area contributed by atoms with E-state index in [1.54, 1.807) is 13.2 Å². The molecule has 3 aromatic rings. The number of methoxy groups -OCH3 is 1. The Hall–Kier alpha value is -3.05. The lowest BCUT2D eigenvalue weighted by Gasteiger charge is -2.25. The summed E-state index contributed by atoms with van der Waals surface area (Å²) < 4.78 is 6.52. The predicted molar refractivity (Wildman–Crippen MR) is 139 cm³/mol. The first-order valence-corrected chi connectivity index (χ1v) is 11.9. The second-order valence-corrected chi connectivity index (χ2v) is 9.36. The highest BCUT2D eigenvalue weighted by Crippen LogP contribution is 2.37. The minimum Gasteiger partial charge on any atom is -0.496 e. The summed E-state index contributed by atoms with van der Waals surface area (Å²) in [6.07, 6.45) is 4.40. The molecule has 0 fully saturated rings. The van der Waals surface area contributed by atoms with Crippen LogP contribution in [0.1, 0.15) is 28.2 Å². The molecule has 0 aliphatic carbocycles. The number of carbonyl (C=O) groups excluding carboxylic acids is 1. The van der Waals surface area contributed by atoms with Crippen LogP contribution in [-0.2, 0) is 11.2 Å². The first-order chi connectivity index (χ1) is 16.0. The average molecular weight is 505 g/mol. The van der Waals surface area contributed by atoms with Crippen LogP contribution < -0.4 is 9.64 Å². The molecule has 5 heteroatoms. The van der Waals surface area contributed by atoms with E-state index < -0.39 is 0 Å². The van der Waals surface area contributed by atoms with E-state index in [2.05, 4.69) is 69.4 Å². The number of ether oxygens (including phenoxy) is 1. The molecule has 0 saturated carbocycles. The molecular weight excluding hydrogens is 476 g/mol. The van der Waals surface area contributed by atoms with Crippen molar-refractivity contribution in [2.75, 3.05) is 39.2 Å². The number of rotatable bonds is 5. The quantitative estimate of drug-likeness (QED) is 0.414. The fourth-order valence-corrected chi connectivity index (χ4v) is 4.85. The van der Waals surface area contributed by atoms with E-state index in [0.29, 0.717) is 13.1 Å². The van der Waals surface area contributed by atoms with Gasteiger partial charge in [0.2, 0.25) is 5.91 Å². The van der Waals surface area contributed by atoms with Crippen LogP contribution in [0.25, 0.3) is 6.08 Å². The van der Waals surface area contributed by atoms with Crippen molar-refractivity contribution in [3.63, 3.8) is 0 Å². The van der Waals surface area contributed by atoms with E-state index in [9.17, 15) is 4.79 Å². The number of halogens is 1. The van der Waals surface area contributed by atoms with Crippen molar-refractivity contribution in [1.82, 2.24) is 4.90 Å². The van der Waals surface area contributed by atoms with Gasteiger partial charge in [-0.2, -0.15) is 0 Å². The Labute approximate surface area is 204 Å². The number of anilines is 1. The van der Waals surface area contributed by atoms with Crippen molar-refractivity contribution in [1.29, 1.82) is 0 Å². The van der Waals surface area contributed by atoms with Gasteiger partial charge in [-0.1, -0.05) is 42.5 Å². The van der Waals surface area contributed by atoms with E-state index in [1.807, 2.05) is 43.3 Å². The summed E-state index contributed by atoms with van der Waals surface area (Å²) in [6, 6.07) is 22.9. The van der Waals surface area contributed by atoms with Gasteiger partial charge in [0.25, 0.3) is 0 Å². The van der Waals surface area contributed by atoms with E-state index in [4.69, 9.17) is 4.74 Å². The van der Waals surface area contributed by atoms with Gasteiger partial charge in [0.05, 0.1) is 11.6 Å². The van der Waals surface area contributed by atoms with Gasteiger partial charge in [-0.05, 0) is 74.9 Å². The highest BCUT2D eigenvalue weighted by molar-refractivity contribution is 9.10. The fourth-order valence-electron chi connectivity index (χ4n) is 4.30. The lowest BCUT2D eigenvalue weighted by atomic mass is 9.88. The zero-order chi connectivity index (χ0) is 23.4. The molecule has 3 aromatic carbocycles. The third-order valence-corrected chi connectivity index (χ3v) is 6.80. The lowest BCUT2D eigenvalue weighted by molar-refractivity contribution is -0.126. The second kappa shape index (κ2) is 10.3. The Morgan fingerprint density at radius 2 is 1.82 bits per heavy atom. The molecule has 4 nitrogen and oxygen atoms in total. The van der Waals surface area contributed by atoms with Gasteiger partial charge in [0.1, 0.15) is 5.75 Å². The summed E-state index contributed by atoms with van der Waals surface area (Å²) in [6.45, 7) is 1.31. The number of benzene rings is 3. The average Bonchev–Trinajstić information content (AvgIpc) is 3.02. The van der Waals surface area contributed by atoms with Crippen LogP contribution in [0.15, 0.2) is 77.3 Å². The van der Waals surface area contributed by atoms with Crippen LogP contribution in [-0.4, -0.2) is 45.1 Å². The molecule has 1 amide bonds. The monoisotopic (exact) mass is 504 g/mol. The minimum atomic E-state index is 0.0338. The molecule has 0 spiro atoms. The predicted octanol–water partition coefficient (Wildman–Crippen LogP) is 5.75. The van der Waals surface area contributed by atoms with Crippen LogP contribution in [0.2, 0.25) is 0 Å². The number of carbonyl (C=O) groups is 1. The number of nitrogens with zero attached hydrogens (tertiary/aromatic N) is 2. The Morgan fingerprint density at radius 1 is 1.09 bits per heavy atom. The maximum atomic E-state index is 13.2. The Bertz CT molecular complexity index is 1140. The lowest BCUT2D eigenvalue weighted by Crippen LogP contribution is -2.33. The first-order valence-electron chi connectivity index (χ1n) is 11.1. The van der Waals surface area contributed by atoms with Crippen LogP contribution in [0.3, 0.4) is 0 Å². The maximum absolute atomic E-state index is 13.2. The summed E-state index contributed by atoms with van der Waals surface area (Å²) in [5.74, 6) is 0.935. The third kappa shape index (κ3) is 5.31. The summed E-state index contributed by atoms with van der Waals surface area (Å²) >= 11 is 3.63. The first kappa shape index (κ1) is 23.1. The van der Waals surface area contributed by atoms with Gasteiger partial charge in [0, 0.05) is 44.9 Å². The molecule has 0 saturated heterocycles. The van der Waals surface area contributed by atoms with Gasteiger partial charge in [-0.25, -0.2) is 0 Å². The van der Waals surface area contributed by atoms with Crippen molar-refractivity contribution in [3.8, 4) is 5.75 Å². The normalized spacial score (nSPS) is 15.8. The molecule has 1 aliphatic heterocycles. The van der Waals surface area contributed by atoms with Gasteiger partial charge in [-0.3, -0.25) is 4.79 Å². The van der Waals surface area contributed by atoms with E-state index in [-0.39, 0.29) is 11.8 Å². The third-order valence-electron chi connectivity index (χ3n) is 6.18. The molecule has 0 aromatic heterocycles. The molecule has 0 radical (unpaired) electrons.